The lowest BCUT2D eigenvalue weighted by atomic mass is 10.0. The normalized spacial score (nSPS) is 18.8. The van der Waals surface area contributed by atoms with Crippen molar-refractivity contribution < 1.29 is 0 Å². The molecule has 2 aromatic carbocycles. The minimum Gasteiger partial charge on any atom is -0.303 e. The fourth-order valence-electron chi connectivity index (χ4n) is 3.12. The van der Waals surface area contributed by atoms with Gasteiger partial charge in [-0.25, -0.2) is 0 Å². The molecule has 104 valence electrons. The van der Waals surface area contributed by atoms with Crippen LogP contribution in [0.25, 0.3) is 0 Å². The van der Waals surface area contributed by atoms with E-state index in [0.29, 0.717) is 12.1 Å². The molecule has 2 unspecified atom stereocenters. The van der Waals surface area contributed by atoms with Gasteiger partial charge in [-0.2, -0.15) is 0 Å². The molecule has 0 fully saturated rings. The van der Waals surface area contributed by atoms with E-state index in [1.807, 2.05) is 12.1 Å². The molecule has 0 bridgehead atoms. The monoisotopic (exact) mass is 285 g/mol. The third-order valence-electron chi connectivity index (χ3n) is 4.22. The summed E-state index contributed by atoms with van der Waals surface area (Å²) in [6.07, 6.45) is 3.47. The Morgan fingerprint density at radius 1 is 1.15 bits per heavy atom. The maximum atomic E-state index is 5.98. The number of nitrogens with one attached hydrogen (secondary N) is 1. The molecule has 0 aromatic heterocycles. The maximum absolute atomic E-state index is 5.98. The Morgan fingerprint density at radius 3 is 2.65 bits per heavy atom. The summed E-state index contributed by atoms with van der Waals surface area (Å²) in [6.45, 7) is 2.23. The van der Waals surface area contributed by atoms with Crippen LogP contribution in [-0.4, -0.2) is 0 Å². The van der Waals surface area contributed by atoms with Crippen LogP contribution in [0.2, 0.25) is 5.02 Å². The van der Waals surface area contributed by atoms with Crippen LogP contribution in [0, 0.1) is 0 Å². The number of rotatable bonds is 4. The predicted molar refractivity (Wildman–Crippen MR) is 85.1 cm³/mol. The summed E-state index contributed by atoms with van der Waals surface area (Å²) < 4.78 is 0. The molecule has 0 heterocycles. The SMILES string of the molecule is CCC(NC1CCc2ccccc21)c1ccc(Cl)cc1. The number of benzene rings is 2. The quantitative estimate of drug-likeness (QED) is 0.827. The Morgan fingerprint density at radius 2 is 1.90 bits per heavy atom. The highest BCUT2D eigenvalue weighted by molar-refractivity contribution is 6.30. The Balaban J connectivity index is 1.78. The smallest absolute Gasteiger partial charge is 0.0406 e. The van der Waals surface area contributed by atoms with Gasteiger partial charge in [0.1, 0.15) is 0 Å². The van der Waals surface area contributed by atoms with Crippen molar-refractivity contribution in [1.82, 2.24) is 5.32 Å². The van der Waals surface area contributed by atoms with Gasteiger partial charge in [0.25, 0.3) is 0 Å². The molecule has 0 amide bonds. The van der Waals surface area contributed by atoms with Crippen molar-refractivity contribution in [2.75, 3.05) is 0 Å². The largest absolute Gasteiger partial charge is 0.303 e. The summed E-state index contributed by atoms with van der Waals surface area (Å²) in [6, 6.07) is 17.9. The third-order valence-corrected chi connectivity index (χ3v) is 4.47. The molecule has 0 spiro atoms. The van der Waals surface area contributed by atoms with E-state index in [-0.39, 0.29) is 0 Å². The van der Waals surface area contributed by atoms with Crippen molar-refractivity contribution in [1.29, 1.82) is 0 Å². The van der Waals surface area contributed by atoms with Gasteiger partial charge in [0.2, 0.25) is 0 Å². The van der Waals surface area contributed by atoms with E-state index in [9.17, 15) is 0 Å². The van der Waals surface area contributed by atoms with Gasteiger partial charge < -0.3 is 5.32 Å². The number of fused-ring (bicyclic) bond motifs is 1. The summed E-state index contributed by atoms with van der Waals surface area (Å²) in [4.78, 5) is 0. The Kier molecular flexibility index (Phi) is 4.09. The Hall–Kier alpha value is -1.31. The lowest BCUT2D eigenvalue weighted by molar-refractivity contribution is 0.433. The van der Waals surface area contributed by atoms with Crippen molar-refractivity contribution in [3.05, 3.63) is 70.2 Å². The van der Waals surface area contributed by atoms with Gasteiger partial charge in [-0.1, -0.05) is 54.9 Å². The van der Waals surface area contributed by atoms with Gasteiger partial charge in [-0.3, -0.25) is 0 Å². The van der Waals surface area contributed by atoms with Gasteiger partial charge in [-0.05, 0) is 48.1 Å². The zero-order valence-electron chi connectivity index (χ0n) is 11.8. The van der Waals surface area contributed by atoms with Crippen LogP contribution in [0.15, 0.2) is 48.5 Å². The standard InChI is InChI=1S/C18H20ClN/c1-2-17(14-7-10-15(19)11-8-14)20-18-12-9-13-5-3-4-6-16(13)18/h3-8,10-11,17-18,20H,2,9,12H2,1H3. The van der Waals surface area contributed by atoms with E-state index in [2.05, 4.69) is 48.6 Å². The molecule has 1 nitrogen and oxygen atoms in total. The number of hydrogen-bond donors (Lipinski definition) is 1. The van der Waals surface area contributed by atoms with Crippen molar-refractivity contribution >= 4 is 11.6 Å². The molecule has 0 saturated carbocycles. The Bertz CT molecular complexity index is 576. The first kappa shape index (κ1) is 13.7. The van der Waals surface area contributed by atoms with Crippen molar-refractivity contribution in [2.45, 2.75) is 38.3 Å². The van der Waals surface area contributed by atoms with E-state index in [4.69, 9.17) is 11.6 Å². The number of hydrogen-bond acceptors (Lipinski definition) is 1. The maximum Gasteiger partial charge on any atom is 0.0406 e. The summed E-state index contributed by atoms with van der Waals surface area (Å²) in [5, 5.41) is 4.62. The second-order valence-electron chi connectivity index (χ2n) is 5.47. The summed E-state index contributed by atoms with van der Waals surface area (Å²) in [7, 11) is 0. The molecule has 2 heteroatoms. The molecule has 2 atom stereocenters. The van der Waals surface area contributed by atoms with E-state index in [1.54, 1.807) is 0 Å². The second-order valence-corrected chi connectivity index (χ2v) is 5.91. The summed E-state index contributed by atoms with van der Waals surface area (Å²) in [5.74, 6) is 0. The fourth-order valence-corrected chi connectivity index (χ4v) is 3.24. The van der Waals surface area contributed by atoms with Crippen LogP contribution in [0.5, 0.6) is 0 Å². The first-order valence-corrected chi connectivity index (χ1v) is 7.75. The third kappa shape index (κ3) is 2.74. The van der Waals surface area contributed by atoms with Gasteiger partial charge in [-0.15, -0.1) is 0 Å². The van der Waals surface area contributed by atoms with Crippen LogP contribution in [0.3, 0.4) is 0 Å². The topological polar surface area (TPSA) is 12.0 Å². The molecule has 3 rings (SSSR count). The molecule has 0 saturated heterocycles. The van der Waals surface area contributed by atoms with E-state index in [1.165, 1.54) is 29.5 Å². The van der Waals surface area contributed by atoms with Gasteiger partial charge >= 0.3 is 0 Å². The average molecular weight is 286 g/mol. The Labute approximate surface area is 126 Å². The predicted octanol–water partition coefficient (Wildman–Crippen LogP) is 5.07. The second kappa shape index (κ2) is 5.99. The molecular weight excluding hydrogens is 266 g/mol. The molecular formula is C18H20ClN. The van der Waals surface area contributed by atoms with E-state index >= 15 is 0 Å². The highest BCUT2D eigenvalue weighted by Gasteiger charge is 2.24. The number of halogens is 1. The van der Waals surface area contributed by atoms with Crippen LogP contribution >= 0.6 is 11.6 Å². The lowest BCUT2D eigenvalue weighted by Gasteiger charge is -2.23. The zero-order chi connectivity index (χ0) is 13.9. The summed E-state index contributed by atoms with van der Waals surface area (Å²) >= 11 is 5.98. The van der Waals surface area contributed by atoms with Crippen LogP contribution < -0.4 is 5.32 Å². The van der Waals surface area contributed by atoms with Crippen LogP contribution in [0.4, 0.5) is 0 Å². The van der Waals surface area contributed by atoms with Crippen molar-refractivity contribution in [2.24, 2.45) is 0 Å². The first-order valence-electron chi connectivity index (χ1n) is 7.37. The van der Waals surface area contributed by atoms with Gasteiger partial charge in [0.15, 0.2) is 0 Å². The van der Waals surface area contributed by atoms with Crippen LogP contribution in [-0.2, 0) is 6.42 Å². The van der Waals surface area contributed by atoms with Crippen LogP contribution in [0.1, 0.15) is 48.5 Å². The highest BCUT2D eigenvalue weighted by atomic mass is 35.5. The first-order chi connectivity index (χ1) is 9.78. The van der Waals surface area contributed by atoms with E-state index < -0.39 is 0 Å². The molecule has 20 heavy (non-hydrogen) atoms. The molecule has 1 aliphatic carbocycles. The average Bonchev–Trinajstić information content (AvgIpc) is 2.89. The summed E-state index contributed by atoms with van der Waals surface area (Å²) in [5.41, 5.74) is 4.29. The minimum atomic E-state index is 0.392. The molecule has 1 N–H and O–H groups in total. The lowest BCUT2D eigenvalue weighted by Crippen LogP contribution is -2.24. The fraction of sp³-hybridized carbons (Fsp3) is 0.333. The van der Waals surface area contributed by atoms with Crippen molar-refractivity contribution in [3.8, 4) is 0 Å². The number of aryl methyl sites for hydroxylation is 1. The van der Waals surface area contributed by atoms with Gasteiger partial charge in [0.05, 0.1) is 0 Å². The highest BCUT2D eigenvalue weighted by Crippen LogP contribution is 2.33. The molecule has 0 aliphatic heterocycles. The molecule has 2 aromatic rings. The van der Waals surface area contributed by atoms with E-state index in [0.717, 1.165) is 11.4 Å². The van der Waals surface area contributed by atoms with Crippen molar-refractivity contribution in [3.63, 3.8) is 0 Å². The minimum absolute atomic E-state index is 0.392. The molecule has 0 radical (unpaired) electrons. The van der Waals surface area contributed by atoms with Gasteiger partial charge in [0, 0.05) is 17.1 Å². The molecule has 1 aliphatic rings. The zero-order valence-corrected chi connectivity index (χ0v) is 12.5.